The molecular formula is C23H22N4O4S2. The van der Waals surface area contributed by atoms with Gasteiger partial charge in [0.15, 0.2) is 5.13 Å². The molecule has 0 atom stereocenters. The molecular weight excluding hydrogens is 460 g/mol. The van der Waals surface area contributed by atoms with E-state index < -0.39 is 5.97 Å². The first-order valence-electron chi connectivity index (χ1n) is 10.4. The fourth-order valence-corrected chi connectivity index (χ4v) is 5.10. The van der Waals surface area contributed by atoms with Gasteiger partial charge < -0.3 is 10.1 Å². The number of thiazole rings is 1. The van der Waals surface area contributed by atoms with E-state index in [1.165, 1.54) is 22.2 Å². The summed E-state index contributed by atoms with van der Waals surface area (Å²) < 4.78 is 6.44. The molecule has 0 aliphatic heterocycles. The largest absolute Gasteiger partial charge is 0.462 e. The number of esters is 1. The van der Waals surface area contributed by atoms with Crippen molar-refractivity contribution in [2.24, 2.45) is 0 Å². The van der Waals surface area contributed by atoms with Crippen molar-refractivity contribution in [1.82, 2.24) is 14.5 Å². The van der Waals surface area contributed by atoms with Crippen molar-refractivity contribution in [2.45, 2.75) is 33.7 Å². The van der Waals surface area contributed by atoms with Crippen molar-refractivity contribution in [2.75, 3.05) is 11.9 Å². The minimum absolute atomic E-state index is 0.0600. The zero-order chi connectivity index (χ0) is 23.5. The van der Waals surface area contributed by atoms with Crippen LogP contribution in [0.2, 0.25) is 0 Å². The minimum Gasteiger partial charge on any atom is -0.462 e. The molecule has 4 rings (SSSR count). The topological polar surface area (TPSA) is 103 Å². The molecule has 0 saturated heterocycles. The lowest BCUT2D eigenvalue weighted by molar-refractivity contribution is -0.116. The number of aryl methyl sites for hydroxylation is 3. The first kappa shape index (κ1) is 22.8. The fourth-order valence-electron chi connectivity index (χ4n) is 3.31. The third-order valence-corrected chi connectivity index (χ3v) is 6.95. The third kappa shape index (κ3) is 4.86. The summed E-state index contributed by atoms with van der Waals surface area (Å²) in [7, 11) is 0. The Hall–Kier alpha value is -3.37. The van der Waals surface area contributed by atoms with E-state index in [9.17, 15) is 14.4 Å². The van der Waals surface area contributed by atoms with Crippen LogP contribution in [-0.2, 0) is 16.1 Å². The molecule has 170 valence electrons. The highest BCUT2D eigenvalue weighted by molar-refractivity contribution is 7.17. The Morgan fingerprint density at radius 3 is 2.67 bits per heavy atom. The molecule has 0 aliphatic carbocycles. The van der Waals surface area contributed by atoms with E-state index in [1.54, 1.807) is 13.8 Å². The monoisotopic (exact) mass is 482 g/mol. The van der Waals surface area contributed by atoms with Gasteiger partial charge in [-0.15, -0.1) is 11.3 Å². The lowest BCUT2D eigenvalue weighted by Gasteiger charge is -2.06. The van der Waals surface area contributed by atoms with Crippen molar-refractivity contribution >= 4 is 49.9 Å². The molecule has 33 heavy (non-hydrogen) atoms. The average Bonchev–Trinajstić information content (AvgIpc) is 3.38. The summed E-state index contributed by atoms with van der Waals surface area (Å²) in [5, 5.41) is 5.51. The number of hydrogen-bond acceptors (Lipinski definition) is 8. The number of nitrogens with zero attached hydrogens (tertiary/aromatic N) is 3. The Labute approximate surface area is 197 Å². The highest BCUT2D eigenvalue weighted by Gasteiger charge is 2.18. The Balaban J connectivity index is 1.49. The second-order valence-corrected chi connectivity index (χ2v) is 9.25. The van der Waals surface area contributed by atoms with Crippen LogP contribution in [0.15, 0.2) is 40.8 Å². The van der Waals surface area contributed by atoms with Crippen LogP contribution in [0.3, 0.4) is 0 Å². The molecule has 1 amide bonds. The van der Waals surface area contributed by atoms with Crippen molar-refractivity contribution in [3.63, 3.8) is 0 Å². The minimum atomic E-state index is -0.459. The van der Waals surface area contributed by atoms with Crippen LogP contribution in [0.1, 0.15) is 34.3 Å². The van der Waals surface area contributed by atoms with Crippen molar-refractivity contribution in [3.05, 3.63) is 62.5 Å². The SMILES string of the molecule is CCOC(=O)c1sc(NC(=O)CCn2cnc3scc(-c4ccc(C)cc4)c3c2=O)nc1C. The van der Waals surface area contributed by atoms with Crippen LogP contribution in [0.4, 0.5) is 5.13 Å². The summed E-state index contributed by atoms with van der Waals surface area (Å²) >= 11 is 2.49. The van der Waals surface area contributed by atoms with Gasteiger partial charge >= 0.3 is 5.97 Å². The van der Waals surface area contributed by atoms with Gasteiger partial charge in [0.2, 0.25) is 5.91 Å². The van der Waals surface area contributed by atoms with Gasteiger partial charge in [-0.2, -0.15) is 0 Å². The number of nitrogens with one attached hydrogen (secondary N) is 1. The quantitative estimate of drug-likeness (QED) is 0.392. The predicted octanol–water partition coefficient (Wildman–Crippen LogP) is 4.40. The normalized spacial score (nSPS) is 11.0. The number of fused-ring (bicyclic) bond motifs is 1. The summed E-state index contributed by atoms with van der Waals surface area (Å²) in [6.07, 6.45) is 1.53. The molecule has 1 aromatic carbocycles. The van der Waals surface area contributed by atoms with E-state index in [2.05, 4.69) is 15.3 Å². The molecule has 1 N–H and O–H groups in total. The molecule has 0 radical (unpaired) electrons. The Bertz CT molecular complexity index is 1390. The number of ether oxygens (including phenoxy) is 1. The first-order chi connectivity index (χ1) is 15.9. The van der Waals surface area contributed by atoms with Crippen LogP contribution in [0.25, 0.3) is 21.3 Å². The van der Waals surface area contributed by atoms with E-state index in [-0.39, 0.29) is 31.0 Å². The Kier molecular flexibility index (Phi) is 6.66. The van der Waals surface area contributed by atoms with Crippen LogP contribution in [0, 0.1) is 13.8 Å². The maximum atomic E-state index is 13.1. The molecule has 0 bridgehead atoms. The van der Waals surface area contributed by atoms with Crippen molar-refractivity contribution in [1.29, 1.82) is 0 Å². The van der Waals surface area contributed by atoms with Gasteiger partial charge in [-0.25, -0.2) is 14.8 Å². The van der Waals surface area contributed by atoms with Gasteiger partial charge in [0.1, 0.15) is 9.71 Å². The fraction of sp³-hybridized carbons (Fsp3) is 0.261. The molecule has 3 aromatic heterocycles. The molecule has 10 heteroatoms. The second kappa shape index (κ2) is 9.63. The summed E-state index contributed by atoms with van der Waals surface area (Å²) in [4.78, 5) is 47.2. The first-order valence-corrected chi connectivity index (χ1v) is 12.0. The molecule has 0 unspecified atom stereocenters. The number of carbonyl (C=O) groups is 2. The van der Waals surface area contributed by atoms with Gasteiger partial charge in [-0.1, -0.05) is 41.2 Å². The lowest BCUT2D eigenvalue weighted by Crippen LogP contribution is -2.23. The zero-order valence-electron chi connectivity index (χ0n) is 18.4. The van der Waals surface area contributed by atoms with Gasteiger partial charge in [0.05, 0.1) is 24.0 Å². The predicted molar refractivity (Wildman–Crippen MR) is 130 cm³/mol. The summed E-state index contributed by atoms with van der Waals surface area (Å²) in [6.45, 7) is 5.86. The molecule has 4 aromatic rings. The van der Waals surface area contributed by atoms with E-state index in [0.29, 0.717) is 25.9 Å². The molecule has 8 nitrogen and oxygen atoms in total. The average molecular weight is 483 g/mol. The number of benzene rings is 1. The summed E-state index contributed by atoms with van der Waals surface area (Å²) in [5.74, 6) is -0.769. The lowest BCUT2D eigenvalue weighted by atomic mass is 10.1. The molecule has 0 saturated carbocycles. The van der Waals surface area contributed by atoms with Crippen LogP contribution in [0.5, 0.6) is 0 Å². The Morgan fingerprint density at radius 1 is 1.18 bits per heavy atom. The van der Waals surface area contributed by atoms with E-state index >= 15 is 0 Å². The maximum absolute atomic E-state index is 13.1. The molecule has 0 fully saturated rings. The number of carbonyl (C=O) groups excluding carboxylic acids is 2. The highest BCUT2D eigenvalue weighted by atomic mass is 32.1. The van der Waals surface area contributed by atoms with Crippen molar-refractivity contribution < 1.29 is 14.3 Å². The number of rotatable bonds is 7. The van der Waals surface area contributed by atoms with Gasteiger partial charge in [0, 0.05) is 23.9 Å². The van der Waals surface area contributed by atoms with Crippen LogP contribution >= 0.6 is 22.7 Å². The second-order valence-electron chi connectivity index (χ2n) is 7.39. The van der Waals surface area contributed by atoms with Crippen LogP contribution in [-0.4, -0.2) is 33.0 Å². The smallest absolute Gasteiger partial charge is 0.350 e. The maximum Gasteiger partial charge on any atom is 0.350 e. The van der Waals surface area contributed by atoms with Gasteiger partial charge in [0.25, 0.3) is 5.56 Å². The van der Waals surface area contributed by atoms with Crippen LogP contribution < -0.4 is 10.9 Å². The number of amides is 1. The zero-order valence-corrected chi connectivity index (χ0v) is 20.0. The molecule has 0 aliphatic rings. The van der Waals surface area contributed by atoms with Crippen molar-refractivity contribution in [3.8, 4) is 11.1 Å². The van der Waals surface area contributed by atoms with E-state index in [1.807, 2.05) is 36.6 Å². The van der Waals surface area contributed by atoms with E-state index in [0.717, 1.165) is 28.0 Å². The number of hydrogen-bond donors (Lipinski definition) is 1. The molecule has 0 spiro atoms. The molecule has 3 heterocycles. The van der Waals surface area contributed by atoms with Gasteiger partial charge in [-0.05, 0) is 26.3 Å². The van der Waals surface area contributed by atoms with E-state index in [4.69, 9.17) is 4.74 Å². The summed E-state index contributed by atoms with van der Waals surface area (Å²) in [6, 6.07) is 7.99. The standard InChI is InChI=1S/C23H22N4O4S2/c1-4-31-22(30)19-14(3)25-23(33-19)26-17(28)9-10-27-12-24-20-18(21(27)29)16(11-32-20)15-7-5-13(2)6-8-15/h5-8,11-12H,4,9-10H2,1-3H3,(H,25,26,28). The third-order valence-electron chi connectivity index (χ3n) is 5.01. The highest BCUT2D eigenvalue weighted by Crippen LogP contribution is 2.30. The number of aromatic nitrogens is 3. The Morgan fingerprint density at radius 2 is 1.94 bits per heavy atom. The summed E-state index contributed by atoms with van der Waals surface area (Å²) in [5.41, 5.74) is 3.26. The number of anilines is 1. The number of thiophene rings is 1. The van der Waals surface area contributed by atoms with Gasteiger partial charge in [-0.3, -0.25) is 14.2 Å².